The van der Waals surface area contributed by atoms with Crippen LogP contribution in [0.3, 0.4) is 0 Å². The van der Waals surface area contributed by atoms with Crippen molar-refractivity contribution in [3.05, 3.63) is 95.7 Å². The zero-order valence-electron chi connectivity index (χ0n) is 14.4. The first-order valence-corrected chi connectivity index (χ1v) is 8.54. The van der Waals surface area contributed by atoms with Gasteiger partial charge in [0.1, 0.15) is 5.84 Å². The summed E-state index contributed by atoms with van der Waals surface area (Å²) in [5.74, 6) is 0.325. The van der Waals surface area contributed by atoms with Gasteiger partial charge in [0.05, 0.1) is 0 Å². The number of allylic oxidation sites excluding steroid dienone is 2. The van der Waals surface area contributed by atoms with Gasteiger partial charge in [0.15, 0.2) is 11.3 Å². The van der Waals surface area contributed by atoms with Crippen molar-refractivity contribution in [2.45, 2.75) is 18.9 Å². The monoisotopic (exact) mass is 342 g/mol. The molecular weight excluding hydrogens is 324 g/mol. The van der Waals surface area contributed by atoms with Crippen LogP contribution in [0.2, 0.25) is 0 Å². The molecule has 0 N–H and O–H groups in total. The van der Waals surface area contributed by atoms with Crippen LogP contribution in [0.15, 0.2) is 89.6 Å². The fraction of sp³-hybridized carbons (Fsp3) is 0.136. The number of ketones is 1. The van der Waals surface area contributed by atoms with Gasteiger partial charge in [-0.2, -0.15) is 0 Å². The van der Waals surface area contributed by atoms with Crippen LogP contribution in [-0.2, 0) is 10.3 Å². The first-order valence-electron chi connectivity index (χ1n) is 8.54. The lowest BCUT2D eigenvalue weighted by Gasteiger charge is -2.25. The van der Waals surface area contributed by atoms with Crippen LogP contribution in [0.5, 0.6) is 0 Å². The Bertz CT molecular complexity index is 958. The van der Waals surface area contributed by atoms with Crippen molar-refractivity contribution in [1.82, 2.24) is 4.90 Å². The van der Waals surface area contributed by atoms with Gasteiger partial charge in [-0.3, -0.25) is 14.5 Å². The quantitative estimate of drug-likeness (QED) is 0.792. The predicted octanol–water partition coefficient (Wildman–Crippen LogP) is 3.87. The lowest BCUT2D eigenvalue weighted by molar-refractivity contribution is -0.129. The van der Waals surface area contributed by atoms with Crippen molar-refractivity contribution >= 4 is 17.5 Å². The van der Waals surface area contributed by atoms with E-state index in [1.54, 1.807) is 23.2 Å². The molecule has 26 heavy (non-hydrogen) atoms. The van der Waals surface area contributed by atoms with Gasteiger partial charge < -0.3 is 0 Å². The summed E-state index contributed by atoms with van der Waals surface area (Å²) in [5, 5.41) is 0. The molecule has 4 rings (SSSR count). The zero-order valence-corrected chi connectivity index (χ0v) is 14.4. The first-order chi connectivity index (χ1) is 12.6. The van der Waals surface area contributed by atoms with E-state index in [0.717, 1.165) is 11.1 Å². The van der Waals surface area contributed by atoms with Gasteiger partial charge in [0.2, 0.25) is 0 Å². The number of carbonyl (C=O) groups excluding carboxylic acids is 2. The van der Waals surface area contributed by atoms with Crippen molar-refractivity contribution < 1.29 is 9.59 Å². The van der Waals surface area contributed by atoms with Crippen LogP contribution in [0.1, 0.15) is 29.3 Å². The molecule has 1 unspecified atom stereocenters. The maximum atomic E-state index is 13.4. The Labute approximate surface area is 152 Å². The fourth-order valence-corrected chi connectivity index (χ4v) is 3.42. The molecule has 0 bridgehead atoms. The smallest absolute Gasteiger partial charge is 0.265 e. The van der Waals surface area contributed by atoms with Crippen molar-refractivity contribution in [3.63, 3.8) is 0 Å². The van der Waals surface area contributed by atoms with E-state index in [0.29, 0.717) is 11.4 Å². The predicted molar refractivity (Wildman–Crippen MR) is 101 cm³/mol. The SMILES string of the molecule is CC1=CC=CN2C(=O)C(CC(=O)c3ccccc3)(c3ccccc3)N=C12. The largest absolute Gasteiger partial charge is 0.294 e. The molecule has 0 saturated heterocycles. The maximum absolute atomic E-state index is 13.4. The second-order valence-corrected chi connectivity index (χ2v) is 6.49. The van der Waals surface area contributed by atoms with E-state index in [-0.39, 0.29) is 18.1 Å². The molecular formula is C22H18N2O2. The Kier molecular flexibility index (Phi) is 3.88. The number of aliphatic imine (C=N–C) groups is 1. The van der Waals surface area contributed by atoms with Gasteiger partial charge >= 0.3 is 0 Å². The van der Waals surface area contributed by atoms with Crippen LogP contribution in [-0.4, -0.2) is 22.4 Å². The standard InChI is InChI=1S/C22H18N2O2/c1-16-9-8-14-24-20(16)23-22(21(24)26,18-12-6-3-7-13-18)15-19(25)17-10-4-2-5-11-17/h2-14H,15H2,1H3. The van der Waals surface area contributed by atoms with Crippen molar-refractivity contribution in [1.29, 1.82) is 0 Å². The van der Waals surface area contributed by atoms with Crippen molar-refractivity contribution in [2.24, 2.45) is 4.99 Å². The van der Waals surface area contributed by atoms with Gasteiger partial charge in [-0.25, -0.2) is 4.99 Å². The van der Waals surface area contributed by atoms with E-state index >= 15 is 0 Å². The molecule has 0 spiro atoms. The van der Waals surface area contributed by atoms with Crippen molar-refractivity contribution in [2.75, 3.05) is 0 Å². The number of fused-ring (bicyclic) bond motifs is 1. The summed E-state index contributed by atoms with van der Waals surface area (Å²) in [6.45, 7) is 1.92. The van der Waals surface area contributed by atoms with Crippen LogP contribution < -0.4 is 0 Å². The number of amides is 1. The highest BCUT2D eigenvalue weighted by atomic mass is 16.2. The summed E-state index contributed by atoms with van der Waals surface area (Å²) >= 11 is 0. The molecule has 1 atom stereocenters. The lowest BCUT2D eigenvalue weighted by atomic mass is 9.83. The summed E-state index contributed by atoms with van der Waals surface area (Å²) in [4.78, 5) is 32.6. The minimum Gasteiger partial charge on any atom is -0.294 e. The summed E-state index contributed by atoms with van der Waals surface area (Å²) in [6, 6.07) is 18.4. The molecule has 0 fully saturated rings. The third-order valence-corrected chi connectivity index (χ3v) is 4.80. The number of rotatable bonds is 4. The highest BCUT2D eigenvalue weighted by Crippen LogP contribution is 2.40. The zero-order chi connectivity index (χ0) is 18.1. The van der Waals surface area contributed by atoms with Gasteiger partial charge in [-0.05, 0) is 24.1 Å². The molecule has 2 aromatic rings. The Morgan fingerprint density at radius 3 is 2.35 bits per heavy atom. The van der Waals surface area contributed by atoms with E-state index in [2.05, 4.69) is 0 Å². The van der Waals surface area contributed by atoms with Gasteiger partial charge in [-0.15, -0.1) is 0 Å². The molecule has 4 heteroatoms. The van der Waals surface area contributed by atoms with E-state index < -0.39 is 5.54 Å². The minimum atomic E-state index is -1.23. The van der Waals surface area contributed by atoms with Gasteiger partial charge in [-0.1, -0.05) is 66.7 Å². The van der Waals surface area contributed by atoms with Crippen LogP contribution >= 0.6 is 0 Å². The molecule has 2 aromatic carbocycles. The molecule has 0 aliphatic carbocycles. The highest BCUT2D eigenvalue weighted by Gasteiger charge is 2.50. The number of Topliss-reactive ketones (excluding diaryl/α,β-unsaturated/α-hetero) is 1. The molecule has 128 valence electrons. The average Bonchev–Trinajstić information content (AvgIpc) is 2.98. The maximum Gasteiger partial charge on any atom is 0.265 e. The molecule has 2 aliphatic rings. The molecule has 2 heterocycles. The first kappa shape index (κ1) is 16.2. The second-order valence-electron chi connectivity index (χ2n) is 6.49. The third kappa shape index (κ3) is 2.51. The molecule has 1 amide bonds. The van der Waals surface area contributed by atoms with Crippen LogP contribution in [0.25, 0.3) is 0 Å². The van der Waals surface area contributed by atoms with Gasteiger partial charge in [0.25, 0.3) is 5.91 Å². The number of hydrogen-bond donors (Lipinski definition) is 0. The second kappa shape index (κ2) is 6.23. The Balaban J connectivity index is 1.83. The normalized spacial score (nSPS) is 21.3. The summed E-state index contributed by atoms with van der Waals surface area (Å²) < 4.78 is 0. The van der Waals surface area contributed by atoms with E-state index in [1.165, 1.54) is 0 Å². The molecule has 0 aromatic heterocycles. The van der Waals surface area contributed by atoms with E-state index in [1.807, 2.05) is 67.6 Å². The number of benzene rings is 2. The minimum absolute atomic E-state index is 0.000972. The van der Waals surface area contributed by atoms with Crippen LogP contribution in [0.4, 0.5) is 0 Å². The lowest BCUT2D eigenvalue weighted by Crippen LogP contribution is -2.40. The Morgan fingerprint density at radius 2 is 1.69 bits per heavy atom. The molecule has 4 nitrogen and oxygen atoms in total. The topological polar surface area (TPSA) is 49.7 Å². The van der Waals surface area contributed by atoms with Crippen LogP contribution in [0, 0.1) is 0 Å². The molecule has 0 radical (unpaired) electrons. The third-order valence-electron chi connectivity index (χ3n) is 4.80. The summed E-state index contributed by atoms with van der Waals surface area (Å²) in [7, 11) is 0. The highest BCUT2D eigenvalue weighted by molar-refractivity contribution is 6.18. The van der Waals surface area contributed by atoms with Gasteiger partial charge in [0, 0.05) is 18.2 Å². The fourth-order valence-electron chi connectivity index (χ4n) is 3.42. The van der Waals surface area contributed by atoms with E-state index in [4.69, 9.17) is 4.99 Å². The average molecular weight is 342 g/mol. The number of nitrogens with zero attached hydrogens (tertiary/aromatic N) is 2. The number of hydrogen-bond acceptors (Lipinski definition) is 3. The summed E-state index contributed by atoms with van der Waals surface area (Å²) in [5.41, 5.74) is 1.000. The van der Waals surface area contributed by atoms with E-state index in [9.17, 15) is 9.59 Å². The summed E-state index contributed by atoms with van der Waals surface area (Å²) in [6.07, 6.45) is 5.46. The molecule has 2 aliphatic heterocycles. The Morgan fingerprint density at radius 1 is 1.04 bits per heavy atom. The molecule has 0 saturated carbocycles. The van der Waals surface area contributed by atoms with Crippen molar-refractivity contribution in [3.8, 4) is 0 Å². The number of amidine groups is 1. The number of carbonyl (C=O) groups is 2. The Hall–Kier alpha value is -3.27.